The fourth-order valence-electron chi connectivity index (χ4n) is 2.24. The average molecular weight is 347 g/mol. The van der Waals surface area contributed by atoms with Crippen molar-refractivity contribution in [3.05, 3.63) is 52.3 Å². The first-order valence-corrected chi connectivity index (χ1v) is 8.58. The fourth-order valence-corrected chi connectivity index (χ4v) is 2.46. The maximum atomic E-state index is 12.1. The Kier molecular flexibility index (Phi) is 7.00. The molecule has 1 amide bonds. The molecule has 0 atom stereocenters. The number of rotatable bonds is 8. The molecule has 1 aromatic heterocycles. The molecule has 0 unspecified atom stereocenters. The Hall–Kier alpha value is -2.14. The molecule has 0 saturated heterocycles. The molecule has 1 aromatic carbocycles. The van der Waals surface area contributed by atoms with E-state index in [0.717, 1.165) is 35.5 Å². The number of anilines is 1. The molecule has 24 heavy (non-hydrogen) atoms. The molecule has 128 valence electrons. The number of aromatic nitrogens is 2. The minimum absolute atomic E-state index is 0.160. The van der Waals surface area contributed by atoms with Crippen LogP contribution in [0.5, 0.6) is 0 Å². The quantitative estimate of drug-likeness (QED) is 0.716. The molecule has 0 saturated carbocycles. The van der Waals surface area contributed by atoms with Crippen molar-refractivity contribution in [3.8, 4) is 0 Å². The van der Waals surface area contributed by atoms with Gasteiger partial charge in [-0.15, -0.1) is 0 Å². The molecule has 5 nitrogen and oxygen atoms in total. The Morgan fingerprint density at radius 2 is 2.04 bits per heavy atom. The Morgan fingerprint density at radius 3 is 2.79 bits per heavy atom. The van der Waals surface area contributed by atoms with E-state index in [1.807, 2.05) is 31.2 Å². The van der Waals surface area contributed by atoms with Gasteiger partial charge in [0, 0.05) is 23.8 Å². The zero-order valence-corrected chi connectivity index (χ0v) is 14.9. The summed E-state index contributed by atoms with van der Waals surface area (Å²) in [6.07, 6.45) is 2.80. The van der Waals surface area contributed by atoms with Crippen LogP contribution in [0.2, 0.25) is 5.02 Å². The minimum atomic E-state index is -0.160. The highest BCUT2D eigenvalue weighted by molar-refractivity contribution is 6.30. The summed E-state index contributed by atoms with van der Waals surface area (Å²) in [6, 6.07) is 9.44. The summed E-state index contributed by atoms with van der Waals surface area (Å²) in [6.45, 7) is 5.27. The van der Waals surface area contributed by atoms with Crippen molar-refractivity contribution in [2.75, 3.05) is 18.4 Å². The van der Waals surface area contributed by atoms with Gasteiger partial charge in [-0.3, -0.25) is 4.79 Å². The molecular weight excluding hydrogens is 324 g/mol. The van der Waals surface area contributed by atoms with E-state index in [4.69, 9.17) is 11.6 Å². The van der Waals surface area contributed by atoms with E-state index in [0.29, 0.717) is 24.7 Å². The monoisotopic (exact) mass is 346 g/mol. The van der Waals surface area contributed by atoms with Crippen LogP contribution < -0.4 is 10.6 Å². The first-order chi connectivity index (χ1) is 11.6. The van der Waals surface area contributed by atoms with Gasteiger partial charge in [0.1, 0.15) is 5.69 Å². The maximum absolute atomic E-state index is 12.1. The molecule has 2 rings (SSSR count). The van der Waals surface area contributed by atoms with Gasteiger partial charge >= 0.3 is 0 Å². The molecule has 2 N–H and O–H groups in total. The van der Waals surface area contributed by atoms with Gasteiger partial charge in [0.15, 0.2) is 0 Å². The van der Waals surface area contributed by atoms with Crippen molar-refractivity contribution in [2.45, 2.75) is 33.1 Å². The smallest absolute Gasteiger partial charge is 0.270 e. The number of amides is 1. The van der Waals surface area contributed by atoms with Crippen LogP contribution in [0.25, 0.3) is 0 Å². The average Bonchev–Trinajstić information content (AvgIpc) is 2.54. The van der Waals surface area contributed by atoms with Gasteiger partial charge in [-0.1, -0.05) is 37.1 Å². The second-order valence-electron chi connectivity index (χ2n) is 5.63. The molecule has 0 aliphatic rings. The third-order valence-corrected chi connectivity index (χ3v) is 3.72. The van der Waals surface area contributed by atoms with Crippen LogP contribution in [0.4, 0.5) is 5.95 Å². The molecule has 2 aromatic rings. The van der Waals surface area contributed by atoms with Gasteiger partial charge in [0.2, 0.25) is 5.95 Å². The van der Waals surface area contributed by atoms with Crippen LogP contribution in [0.15, 0.2) is 30.3 Å². The SMILES string of the molecule is CCCCNC(=O)c1cc(C)nc(NCCc2cccc(Cl)c2)n1. The van der Waals surface area contributed by atoms with Gasteiger partial charge in [-0.05, 0) is 43.5 Å². The second-order valence-corrected chi connectivity index (χ2v) is 6.07. The number of nitrogens with one attached hydrogen (secondary N) is 2. The highest BCUT2D eigenvalue weighted by Gasteiger charge is 2.10. The topological polar surface area (TPSA) is 66.9 Å². The molecule has 0 bridgehead atoms. The zero-order chi connectivity index (χ0) is 17.4. The highest BCUT2D eigenvalue weighted by atomic mass is 35.5. The lowest BCUT2D eigenvalue weighted by Gasteiger charge is -2.09. The summed E-state index contributed by atoms with van der Waals surface area (Å²) in [4.78, 5) is 20.7. The lowest BCUT2D eigenvalue weighted by molar-refractivity contribution is 0.0948. The third-order valence-electron chi connectivity index (χ3n) is 3.49. The molecule has 1 heterocycles. The van der Waals surface area contributed by atoms with Crippen molar-refractivity contribution >= 4 is 23.5 Å². The van der Waals surface area contributed by atoms with Crippen LogP contribution in [-0.4, -0.2) is 29.0 Å². The second kappa shape index (κ2) is 9.23. The predicted molar refractivity (Wildman–Crippen MR) is 97.7 cm³/mol. The van der Waals surface area contributed by atoms with Gasteiger partial charge in [0.25, 0.3) is 5.91 Å². The Morgan fingerprint density at radius 1 is 1.21 bits per heavy atom. The molecule has 0 spiro atoms. The van der Waals surface area contributed by atoms with E-state index in [1.54, 1.807) is 6.07 Å². The number of benzene rings is 1. The maximum Gasteiger partial charge on any atom is 0.270 e. The van der Waals surface area contributed by atoms with Crippen LogP contribution >= 0.6 is 11.6 Å². The first kappa shape index (κ1) is 18.2. The van der Waals surface area contributed by atoms with Crippen molar-refractivity contribution in [3.63, 3.8) is 0 Å². The number of carbonyl (C=O) groups is 1. The van der Waals surface area contributed by atoms with Gasteiger partial charge in [0.05, 0.1) is 0 Å². The van der Waals surface area contributed by atoms with E-state index >= 15 is 0 Å². The van der Waals surface area contributed by atoms with Crippen LogP contribution in [0.3, 0.4) is 0 Å². The number of hydrogen-bond donors (Lipinski definition) is 2. The lowest BCUT2D eigenvalue weighted by atomic mass is 10.1. The van der Waals surface area contributed by atoms with Crippen molar-refractivity contribution in [2.24, 2.45) is 0 Å². The summed E-state index contributed by atoms with van der Waals surface area (Å²) in [5.74, 6) is 0.310. The molecule has 0 radical (unpaired) electrons. The summed E-state index contributed by atoms with van der Waals surface area (Å²) in [7, 11) is 0. The Balaban J connectivity index is 1.94. The summed E-state index contributed by atoms with van der Waals surface area (Å²) >= 11 is 5.98. The van der Waals surface area contributed by atoms with E-state index in [1.165, 1.54) is 0 Å². The number of halogens is 1. The first-order valence-electron chi connectivity index (χ1n) is 8.20. The van der Waals surface area contributed by atoms with E-state index < -0.39 is 0 Å². The van der Waals surface area contributed by atoms with Crippen molar-refractivity contribution < 1.29 is 4.79 Å². The molecular formula is C18H23ClN4O. The third kappa shape index (κ3) is 5.81. The largest absolute Gasteiger partial charge is 0.354 e. The van der Waals surface area contributed by atoms with Gasteiger partial charge in [-0.25, -0.2) is 9.97 Å². The zero-order valence-electron chi connectivity index (χ0n) is 14.1. The summed E-state index contributed by atoms with van der Waals surface area (Å²) in [5, 5.41) is 6.77. The lowest BCUT2D eigenvalue weighted by Crippen LogP contribution is -2.26. The Bertz CT molecular complexity index is 690. The fraction of sp³-hybridized carbons (Fsp3) is 0.389. The van der Waals surface area contributed by atoms with Gasteiger partial charge in [-0.2, -0.15) is 0 Å². The predicted octanol–water partition coefficient (Wildman–Crippen LogP) is 3.62. The van der Waals surface area contributed by atoms with Gasteiger partial charge < -0.3 is 10.6 Å². The number of hydrogen-bond acceptors (Lipinski definition) is 4. The molecule has 6 heteroatoms. The Labute approximate surface area is 147 Å². The summed E-state index contributed by atoms with van der Waals surface area (Å²) in [5.41, 5.74) is 2.29. The highest BCUT2D eigenvalue weighted by Crippen LogP contribution is 2.11. The van der Waals surface area contributed by atoms with Crippen LogP contribution in [-0.2, 0) is 6.42 Å². The van der Waals surface area contributed by atoms with Crippen LogP contribution in [0.1, 0.15) is 41.5 Å². The normalized spacial score (nSPS) is 10.5. The number of carbonyl (C=O) groups excluding carboxylic acids is 1. The summed E-state index contributed by atoms with van der Waals surface area (Å²) < 4.78 is 0. The van der Waals surface area contributed by atoms with Crippen molar-refractivity contribution in [1.29, 1.82) is 0 Å². The van der Waals surface area contributed by atoms with E-state index in [2.05, 4.69) is 27.5 Å². The number of unbranched alkanes of at least 4 members (excludes halogenated alkanes) is 1. The van der Waals surface area contributed by atoms with E-state index in [9.17, 15) is 4.79 Å². The van der Waals surface area contributed by atoms with Crippen LogP contribution in [0, 0.1) is 6.92 Å². The standard InChI is InChI=1S/C18H23ClN4O/c1-3-4-9-20-17(24)16-11-13(2)22-18(23-16)21-10-8-14-6-5-7-15(19)12-14/h5-7,11-12H,3-4,8-10H2,1-2H3,(H,20,24)(H,21,22,23). The minimum Gasteiger partial charge on any atom is -0.354 e. The molecule has 0 aliphatic carbocycles. The van der Waals surface area contributed by atoms with E-state index in [-0.39, 0.29) is 5.91 Å². The molecule has 0 fully saturated rings. The number of nitrogens with zero attached hydrogens (tertiary/aromatic N) is 2. The molecule has 0 aliphatic heterocycles. The number of aryl methyl sites for hydroxylation is 1. The van der Waals surface area contributed by atoms with Crippen molar-refractivity contribution in [1.82, 2.24) is 15.3 Å².